The molecule has 0 spiro atoms. The molecule has 1 aromatic rings. The summed E-state index contributed by atoms with van der Waals surface area (Å²) in [6, 6.07) is 1.58. The van der Waals surface area contributed by atoms with E-state index < -0.39 is 0 Å². The van der Waals surface area contributed by atoms with Gasteiger partial charge >= 0.3 is 0 Å². The first-order chi connectivity index (χ1) is 7.15. The first-order valence-corrected chi connectivity index (χ1v) is 6.16. The van der Waals surface area contributed by atoms with Gasteiger partial charge in [0.05, 0.1) is 9.90 Å². The molecule has 0 aliphatic rings. The predicted molar refractivity (Wildman–Crippen MR) is 72.5 cm³/mol. The van der Waals surface area contributed by atoms with E-state index in [1.807, 2.05) is 6.92 Å². The number of likely N-dealkylation sites (N-methyl/N-ethyl adjacent to an activating group) is 1. The summed E-state index contributed by atoms with van der Waals surface area (Å²) in [5, 5.41) is 5.85. The second-order valence-corrected chi connectivity index (χ2v) is 5.13. The molecule has 0 radical (unpaired) electrons. The van der Waals surface area contributed by atoms with Gasteiger partial charge in [-0.2, -0.15) is 0 Å². The maximum absolute atomic E-state index is 11.6. The Balaban J connectivity index is 0.00000225. The minimum absolute atomic E-state index is 0. The van der Waals surface area contributed by atoms with Crippen LogP contribution in [0.25, 0.3) is 0 Å². The summed E-state index contributed by atoms with van der Waals surface area (Å²) >= 11 is 12.8. The van der Waals surface area contributed by atoms with Crippen LogP contribution in [0.4, 0.5) is 0 Å². The van der Waals surface area contributed by atoms with E-state index in [0.717, 1.165) is 13.1 Å². The largest absolute Gasteiger partial charge is 0.351 e. The van der Waals surface area contributed by atoms with E-state index in [1.165, 1.54) is 11.3 Å². The minimum Gasteiger partial charge on any atom is -0.351 e. The lowest BCUT2D eigenvalue weighted by atomic mass is 10.3. The number of thiophene rings is 1. The first kappa shape index (κ1) is 16.0. The standard InChI is InChI=1S/C9H12Cl2N2OS.ClH/c1-2-12-3-4-13-9(14)6-5-7(10)15-8(6)11;/h5,12H,2-4H2,1H3,(H,13,14);1H. The lowest BCUT2D eigenvalue weighted by Crippen LogP contribution is -2.31. The molecule has 0 saturated heterocycles. The third-order valence-corrected chi connectivity index (χ3v) is 3.23. The fourth-order valence-corrected chi connectivity index (χ4v) is 2.49. The molecule has 0 aromatic carbocycles. The fourth-order valence-electron chi connectivity index (χ4n) is 1.03. The third-order valence-electron chi connectivity index (χ3n) is 1.74. The Kier molecular flexibility index (Phi) is 8.14. The maximum atomic E-state index is 11.6. The molecule has 0 aliphatic heterocycles. The number of carbonyl (C=O) groups is 1. The zero-order valence-electron chi connectivity index (χ0n) is 8.68. The molecule has 1 heterocycles. The molecule has 16 heavy (non-hydrogen) atoms. The lowest BCUT2D eigenvalue weighted by molar-refractivity contribution is 0.0954. The average Bonchev–Trinajstić information content (AvgIpc) is 2.52. The van der Waals surface area contributed by atoms with Crippen LogP contribution in [-0.2, 0) is 0 Å². The van der Waals surface area contributed by atoms with Crippen LogP contribution < -0.4 is 10.6 Å². The number of rotatable bonds is 5. The molecule has 1 aromatic heterocycles. The van der Waals surface area contributed by atoms with Gasteiger partial charge in [0.25, 0.3) is 5.91 Å². The summed E-state index contributed by atoms with van der Waals surface area (Å²) < 4.78 is 0.956. The predicted octanol–water partition coefficient (Wildman–Crippen LogP) is 2.82. The molecule has 0 fully saturated rings. The highest BCUT2D eigenvalue weighted by Gasteiger charge is 2.13. The van der Waals surface area contributed by atoms with Gasteiger partial charge in [-0.05, 0) is 12.6 Å². The lowest BCUT2D eigenvalue weighted by Gasteiger charge is -2.04. The number of hydrogen-bond acceptors (Lipinski definition) is 3. The topological polar surface area (TPSA) is 41.1 Å². The van der Waals surface area contributed by atoms with Gasteiger partial charge in [-0.25, -0.2) is 0 Å². The van der Waals surface area contributed by atoms with Gasteiger partial charge in [-0.1, -0.05) is 30.1 Å². The summed E-state index contributed by atoms with van der Waals surface area (Å²) in [6.07, 6.45) is 0. The summed E-state index contributed by atoms with van der Waals surface area (Å²) in [5.41, 5.74) is 0.447. The van der Waals surface area contributed by atoms with E-state index in [2.05, 4.69) is 10.6 Å². The third kappa shape index (κ3) is 4.89. The fraction of sp³-hybridized carbons (Fsp3) is 0.444. The molecular weight excluding hydrogens is 291 g/mol. The van der Waals surface area contributed by atoms with E-state index in [9.17, 15) is 4.79 Å². The molecule has 3 nitrogen and oxygen atoms in total. The van der Waals surface area contributed by atoms with Crippen molar-refractivity contribution in [2.75, 3.05) is 19.6 Å². The zero-order chi connectivity index (χ0) is 11.3. The number of nitrogens with one attached hydrogen (secondary N) is 2. The quantitative estimate of drug-likeness (QED) is 0.821. The second kappa shape index (κ2) is 8.14. The van der Waals surface area contributed by atoms with Crippen molar-refractivity contribution >= 4 is 52.9 Å². The van der Waals surface area contributed by atoms with Crippen molar-refractivity contribution in [3.05, 3.63) is 20.3 Å². The van der Waals surface area contributed by atoms with Crippen LogP contribution in [0.2, 0.25) is 8.67 Å². The summed E-state index contributed by atoms with van der Waals surface area (Å²) in [5.74, 6) is -0.180. The van der Waals surface area contributed by atoms with Crippen LogP contribution in [0.5, 0.6) is 0 Å². The van der Waals surface area contributed by atoms with Crippen molar-refractivity contribution in [2.45, 2.75) is 6.92 Å². The Labute approximate surface area is 115 Å². The van der Waals surface area contributed by atoms with Gasteiger partial charge in [0.15, 0.2) is 0 Å². The van der Waals surface area contributed by atoms with Crippen LogP contribution in [-0.4, -0.2) is 25.5 Å². The molecule has 0 atom stereocenters. The van der Waals surface area contributed by atoms with E-state index in [-0.39, 0.29) is 18.3 Å². The van der Waals surface area contributed by atoms with Crippen molar-refractivity contribution in [3.63, 3.8) is 0 Å². The molecule has 7 heteroatoms. The second-order valence-electron chi connectivity index (χ2n) is 2.85. The number of halogens is 3. The SMILES string of the molecule is CCNCCNC(=O)c1cc(Cl)sc1Cl.Cl. The molecule has 0 bridgehead atoms. The molecule has 0 unspecified atom stereocenters. The van der Waals surface area contributed by atoms with Crippen LogP contribution >= 0.6 is 46.9 Å². The highest BCUT2D eigenvalue weighted by molar-refractivity contribution is 7.20. The average molecular weight is 304 g/mol. The monoisotopic (exact) mass is 302 g/mol. The Morgan fingerprint density at radius 1 is 1.44 bits per heavy atom. The van der Waals surface area contributed by atoms with Gasteiger partial charge in [0.2, 0.25) is 0 Å². The summed E-state index contributed by atoms with van der Waals surface area (Å²) in [7, 11) is 0. The Bertz CT molecular complexity index is 343. The Hall–Kier alpha value is -0.000000000000000222. The van der Waals surface area contributed by atoms with Crippen LogP contribution in [0.1, 0.15) is 17.3 Å². The Morgan fingerprint density at radius 3 is 2.62 bits per heavy atom. The van der Waals surface area contributed by atoms with E-state index in [0.29, 0.717) is 20.8 Å². The first-order valence-electron chi connectivity index (χ1n) is 4.59. The number of hydrogen-bond donors (Lipinski definition) is 2. The normalized spacial score (nSPS) is 9.69. The van der Waals surface area contributed by atoms with Crippen molar-refractivity contribution in [3.8, 4) is 0 Å². The van der Waals surface area contributed by atoms with E-state index >= 15 is 0 Å². The summed E-state index contributed by atoms with van der Waals surface area (Å²) in [6.45, 7) is 4.23. The van der Waals surface area contributed by atoms with Crippen molar-refractivity contribution in [1.29, 1.82) is 0 Å². The molecule has 92 valence electrons. The molecule has 0 saturated carbocycles. The smallest absolute Gasteiger partial charge is 0.253 e. The van der Waals surface area contributed by atoms with E-state index in [4.69, 9.17) is 23.2 Å². The van der Waals surface area contributed by atoms with Crippen LogP contribution in [0, 0.1) is 0 Å². The van der Waals surface area contributed by atoms with Gasteiger partial charge in [-0.15, -0.1) is 23.7 Å². The van der Waals surface area contributed by atoms with Crippen LogP contribution in [0.15, 0.2) is 6.07 Å². The molecule has 1 amide bonds. The number of amides is 1. The highest BCUT2D eigenvalue weighted by atomic mass is 35.5. The Morgan fingerprint density at radius 2 is 2.12 bits per heavy atom. The van der Waals surface area contributed by atoms with Gasteiger partial charge in [0.1, 0.15) is 4.34 Å². The highest BCUT2D eigenvalue weighted by Crippen LogP contribution is 2.30. The minimum atomic E-state index is -0.180. The summed E-state index contributed by atoms with van der Waals surface area (Å²) in [4.78, 5) is 11.6. The number of carbonyl (C=O) groups excluding carboxylic acids is 1. The van der Waals surface area contributed by atoms with Crippen molar-refractivity contribution < 1.29 is 4.79 Å². The van der Waals surface area contributed by atoms with Gasteiger partial charge in [0, 0.05) is 13.1 Å². The maximum Gasteiger partial charge on any atom is 0.253 e. The van der Waals surface area contributed by atoms with E-state index in [1.54, 1.807) is 6.07 Å². The van der Waals surface area contributed by atoms with Crippen LogP contribution in [0.3, 0.4) is 0 Å². The van der Waals surface area contributed by atoms with Crippen molar-refractivity contribution in [1.82, 2.24) is 10.6 Å². The molecule has 2 N–H and O–H groups in total. The molecule has 0 aliphatic carbocycles. The van der Waals surface area contributed by atoms with Crippen molar-refractivity contribution in [2.24, 2.45) is 0 Å². The van der Waals surface area contributed by atoms with Gasteiger partial charge < -0.3 is 10.6 Å². The zero-order valence-corrected chi connectivity index (χ0v) is 11.8. The van der Waals surface area contributed by atoms with Gasteiger partial charge in [-0.3, -0.25) is 4.79 Å². The molecule has 1 rings (SSSR count). The molecular formula is C9H13Cl3N2OS.